The summed E-state index contributed by atoms with van der Waals surface area (Å²) >= 11 is 0. The molecule has 1 N–H and O–H groups in total. The van der Waals surface area contributed by atoms with Gasteiger partial charge in [0, 0.05) is 13.1 Å². The maximum Gasteiger partial charge on any atom is 0.326 e. The third kappa shape index (κ3) is 3.82. The number of hydrogen-bond acceptors (Lipinski definition) is 4. The predicted octanol–water partition coefficient (Wildman–Crippen LogP) is 0.837. The second-order valence-corrected chi connectivity index (χ2v) is 5.13. The number of benzene rings is 1. The molecule has 0 fully saturated rings. The van der Waals surface area contributed by atoms with Crippen LogP contribution in [0.15, 0.2) is 47.3 Å². The first kappa shape index (κ1) is 16.4. The molecule has 23 heavy (non-hydrogen) atoms. The molecule has 1 atom stereocenters. The number of likely N-dealkylation sites (N-methyl/N-ethyl adjacent to an activating group) is 1. The lowest BCUT2D eigenvalue weighted by atomic mass is 10.2. The molecule has 7 heteroatoms. The molecule has 0 bridgehead atoms. The summed E-state index contributed by atoms with van der Waals surface area (Å²) in [5.74, 6) is -1.67. The first-order valence-electron chi connectivity index (χ1n) is 7.02. The van der Waals surface area contributed by atoms with Gasteiger partial charge in [0.2, 0.25) is 0 Å². The Hall–Kier alpha value is -2.96. The minimum absolute atomic E-state index is 0.0242. The van der Waals surface area contributed by atoms with Crippen molar-refractivity contribution in [2.75, 3.05) is 7.05 Å². The van der Waals surface area contributed by atoms with Crippen LogP contribution in [0.3, 0.4) is 0 Å². The van der Waals surface area contributed by atoms with Gasteiger partial charge in [-0.2, -0.15) is 5.10 Å². The number of aliphatic carboxylic acids is 1. The van der Waals surface area contributed by atoms with Crippen LogP contribution in [-0.4, -0.2) is 44.8 Å². The van der Waals surface area contributed by atoms with E-state index in [1.165, 1.54) is 30.8 Å². The molecule has 1 unspecified atom stereocenters. The van der Waals surface area contributed by atoms with Crippen molar-refractivity contribution < 1.29 is 14.7 Å². The van der Waals surface area contributed by atoms with Gasteiger partial charge in [-0.3, -0.25) is 9.59 Å². The summed E-state index contributed by atoms with van der Waals surface area (Å²) in [4.78, 5) is 36.2. The summed E-state index contributed by atoms with van der Waals surface area (Å²) < 4.78 is 1.18. The van der Waals surface area contributed by atoms with Gasteiger partial charge in [-0.25, -0.2) is 9.48 Å². The number of nitrogens with zero attached hydrogens (tertiary/aromatic N) is 3. The highest BCUT2D eigenvalue weighted by atomic mass is 16.4. The Morgan fingerprint density at radius 1 is 1.22 bits per heavy atom. The lowest BCUT2D eigenvalue weighted by Gasteiger charge is -2.21. The van der Waals surface area contributed by atoms with Crippen LogP contribution < -0.4 is 5.56 Å². The molecule has 7 nitrogen and oxygen atoms in total. The Kier molecular flexibility index (Phi) is 4.90. The van der Waals surface area contributed by atoms with Gasteiger partial charge in [-0.15, -0.1) is 0 Å². The highest BCUT2D eigenvalue weighted by Gasteiger charge is 2.24. The van der Waals surface area contributed by atoms with Gasteiger partial charge < -0.3 is 10.0 Å². The Bertz CT molecular complexity index is 770. The molecule has 1 aromatic heterocycles. The average molecular weight is 315 g/mol. The van der Waals surface area contributed by atoms with E-state index < -0.39 is 17.9 Å². The van der Waals surface area contributed by atoms with E-state index in [9.17, 15) is 14.4 Å². The van der Waals surface area contributed by atoms with Gasteiger partial charge in [0.05, 0.1) is 6.54 Å². The Morgan fingerprint density at radius 2 is 1.87 bits per heavy atom. The number of carbonyl (C=O) groups is 2. The van der Waals surface area contributed by atoms with Crippen LogP contribution in [0, 0.1) is 0 Å². The zero-order valence-electron chi connectivity index (χ0n) is 12.8. The van der Waals surface area contributed by atoms with Crippen LogP contribution in [0.5, 0.6) is 0 Å². The first-order chi connectivity index (χ1) is 10.9. The molecule has 1 amide bonds. The minimum Gasteiger partial charge on any atom is -0.480 e. The highest BCUT2D eigenvalue weighted by Crippen LogP contribution is 2.04. The lowest BCUT2D eigenvalue weighted by molar-refractivity contribution is -0.141. The molecular formula is C16H17N3O4. The Labute approximate surface area is 132 Å². The number of rotatable bonds is 5. The zero-order valence-corrected chi connectivity index (χ0v) is 12.8. The number of aromatic nitrogens is 2. The van der Waals surface area contributed by atoms with E-state index in [1.807, 2.05) is 30.3 Å². The summed E-state index contributed by atoms with van der Waals surface area (Å²) in [6, 6.07) is 10.8. The van der Waals surface area contributed by atoms with Crippen LogP contribution in [0.1, 0.15) is 23.0 Å². The smallest absolute Gasteiger partial charge is 0.326 e. The second-order valence-electron chi connectivity index (χ2n) is 5.13. The summed E-state index contributed by atoms with van der Waals surface area (Å²) in [5.41, 5.74) is 0.564. The molecule has 1 aromatic carbocycles. The van der Waals surface area contributed by atoms with Gasteiger partial charge in [0.15, 0.2) is 0 Å². The highest BCUT2D eigenvalue weighted by molar-refractivity contribution is 5.94. The minimum atomic E-state index is -1.11. The van der Waals surface area contributed by atoms with Gasteiger partial charge in [-0.05, 0) is 18.6 Å². The van der Waals surface area contributed by atoms with E-state index >= 15 is 0 Å². The van der Waals surface area contributed by atoms with Crippen molar-refractivity contribution in [1.82, 2.24) is 14.7 Å². The zero-order chi connectivity index (χ0) is 17.0. The van der Waals surface area contributed by atoms with Crippen molar-refractivity contribution in [3.63, 3.8) is 0 Å². The van der Waals surface area contributed by atoms with E-state index in [0.29, 0.717) is 0 Å². The van der Waals surface area contributed by atoms with Crippen molar-refractivity contribution in [2.24, 2.45) is 0 Å². The topological polar surface area (TPSA) is 92.5 Å². The summed E-state index contributed by atoms with van der Waals surface area (Å²) in [6.07, 6.45) is 0. The predicted molar refractivity (Wildman–Crippen MR) is 83.2 cm³/mol. The van der Waals surface area contributed by atoms with Gasteiger partial charge in [0.25, 0.3) is 11.5 Å². The summed E-state index contributed by atoms with van der Waals surface area (Å²) in [6.45, 7) is 1.64. The molecule has 0 saturated carbocycles. The van der Waals surface area contributed by atoms with Gasteiger partial charge >= 0.3 is 5.97 Å². The largest absolute Gasteiger partial charge is 0.480 e. The van der Waals surface area contributed by atoms with E-state index in [2.05, 4.69) is 5.10 Å². The van der Waals surface area contributed by atoms with Crippen LogP contribution in [0.4, 0.5) is 0 Å². The average Bonchev–Trinajstić information content (AvgIpc) is 2.55. The normalized spacial score (nSPS) is 11.7. The number of carboxylic acid groups (broad SMARTS) is 1. The number of carbonyl (C=O) groups excluding carboxylic acids is 1. The van der Waals surface area contributed by atoms with Gasteiger partial charge in [0.1, 0.15) is 11.7 Å². The molecule has 120 valence electrons. The lowest BCUT2D eigenvalue weighted by Crippen LogP contribution is -2.41. The SMILES string of the molecule is CC(C(=O)O)N(C)C(=O)c1ccc(=O)n(Cc2ccccc2)n1. The van der Waals surface area contributed by atoms with E-state index in [1.54, 1.807) is 0 Å². The van der Waals surface area contributed by atoms with Crippen LogP contribution >= 0.6 is 0 Å². The van der Waals surface area contributed by atoms with Crippen molar-refractivity contribution >= 4 is 11.9 Å². The quantitative estimate of drug-likeness (QED) is 0.882. The molecule has 2 rings (SSSR count). The Balaban J connectivity index is 2.28. The Morgan fingerprint density at radius 3 is 2.48 bits per heavy atom. The molecule has 1 heterocycles. The first-order valence-corrected chi connectivity index (χ1v) is 7.02. The molecule has 0 spiro atoms. The maximum atomic E-state index is 12.3. The fraction of sp³-hybridized carbons (Fsp3) is 0.250. The third-order valence-electron chi connectivity index (χ3n) is 3.52. The fourth-order valence-corrected chi connectivity index (χ4v) is 1.95. The summed E-state index contributed by atoms with van der Waals surface area (Å²) in [7, 11) is 1.38. The van der Waals surface area contributed by atoms with Crippen LogP contribution in [0.2, 0.25) is 0 Å². The molecule has 0 aliphatic heterocycles. The van der Waals surface area contributed by atoms with E-state index in [0.717, 1.165) is 10.5 Å². The second kappa shape index (κ2) is 6.87. The molecule has 0 aliphatic rings. The molecule has 2 aromatic rings. The van der Waals surface area contributed by atoms with Crippen molar-refractivity contribution in [3.8, 4) is 0 Å². The van der Waals surface area contributed by atoms with Gasteiger partial charge in [-0.1, -0.05) is 30.3 Å². The van der Waals surface area contributed by atoms with E-state index in [4.69, 9.17) is 5.11 Å². The van der Waals surface area contributed by atoms with Crippen molar-refractivity contribution in [2.45, 2.75) is 19.5 Å². The van der Waals surface area contributed by atoms with Crippen LogP contribution in [0.25, 0.3) is 0 Å². The third-order valence-corrected chi connectivity index (χ3v) is 3.52. The van der Waals surface area contributed by atoms with E-state index in [-0.39, 0.29) is 17.8 Å². The number of amides is 1. The van der Waals surface area contributed by atoms with Crippen molar-refractivity contribution in [1.29, 1.82) is 0 Å². The standard InChI is InChI=1S/C16H17N3O4/c1-11(16(22)23)18(2)15(21)13-8-9-14(20)19(17-13)10-12-6-4-3-5-7-12/h3-9,11H,10H2,1-2H3,(H,22,23). The molecule has 0 saturated heterocycles. The maximum absolute atomic E-state index is 12.3. The van der Waals surface area contributed by atoms with Crippen molar-refractivity contribution in [3.05, 3.63) is 64.1 Å². The molecule has 0 aliphatic carbocycles. The number of carboxylic acids is 1. The number of hydrogen-bond donors (Lipinski definition) is 1. The molecular weight excluding hydrogens is 298 g/mol. The summed E-state index contributed by atoms with van der Waals surface area (Å²) in [5, 5.41) is 13.0. The molecule has 0 radical (unpaired) electrons. The monoisotopic (exact) mass is 315 g/mol. The fourth-order valence-electron chi connectivity index (χ4n) is 1.95. The van der Waals surface area contributed by atoms with Crippen LogP contribution in [-0.2, 0) is 11.3 Å².